The number of hydrogen-bond donors (Lipinski definition) is 1. The number of ether oxygens (including phenoxy) is 1. The van der Waals surface area contributed by atoms with Crippen LogP contribution >= 0.6 is 11.6 Å². The van der Waals surface area contributed by atoms with Gasteiger partial charge in [-0.15, -0.1) is 0 Å². The Labute approximate surface area is 141 Å². The van der Waals surface area contributed by atoms with Crippen LogP contribution in [0.2, 0.25) is 5.02 Å². The zero-order valence-electron chi connectivity index (χ0n) is 13.2. The van der Waals surface area contributed by atoms with E-state index in [2.05, 4.69) is 0 Å². The van der Waals surface area contributed by atoms with E-state index in [-0.39, 0.29) is 12.5 Å². The number of benzene rings is 2. The van der Waals surface area contributed by atoms with Gasteiger partial charge in [0.25, 0.3) is 5.91 Å². The Morgan fingerprint density at radius 2 is 2.00 bits per heavy atom. The fourth-order valence-electron chi connectivity index (χ4n) is 2.07. The van der Waals surface area contributed by atoms with Gasteiger partial charge in [0.1, 0.15) is 18.5 Å². The lowest BCUT2D eigenvalue weighted by Crippen LogP contribution is -2.26. The Balaban J connectivity index is 2.02. The Kier molecular flexibility index (Phi) is 6.02. The molecule has 0 heterocycles. The Morgan fingerprint density at radius 3 is 2.70 bits per heavy atom. The monoisotopic (exact) mass is 333 g/mol. The first kappa shape index (κ1) is 17.3. The molecule has 2 rings (SSSR count). The summed E-state index contributed by atoms with van der Waals surface area (Å²) in [5.74, 6) is 0.481. The molecule has 2 aromatic carbocycles. The maximum Gasteiger partial charge on any atom is 0.253 e. The lowest BCUT2D eigenvalue weighted by Gasteiger charge is -2.16. The number of aliphatic hydroxyl groups is 1. The topological polar surface area (TPSA) is 49.8 Å². The minimum absolute atomic E-state index is 0.0617. The maximum atomic E-state index is 12.1. The van der Waals surface area contributed by atoms with Gasteiger partial charge in [0.15, 0.2) is 0 Å². The van der Waals surface area contributed by atoms with Crippen molar-refractivity contribution in [2.24, 2.45) is 0 Å². The third-order valence-corrected chi connectivity index (χ3v) is 3.78. The molecule has 0 spiro atoms. The summed E-state index contributed by atoms with van der Waals surface area (Å²) in [7, 11) is 1.75. The minimum Gasteiger partial charge on any atom is -0.491 e. The normalized spacial score (nSPS) is 11.8. The molecule has 1 unspecified atom stereocenters. The number of rotatable bonds is 6. The van der Waals surface area contributed by atoms with Gasteiger partial charge in [-0.25, -0.2) is 0 Å². The van der Waals surface area contributed by atoms with Crippen LogP contribution in [0.1, 0.15) is 28.9 Å². The summed E-state index contributed by atoms with van der Waals surface area (Å²) < 4.78 is 5.60. The summed E-state index contributed by atoms with van der Waals surface area (Å²) in [5.41, 5.74) is 1.25. The molecule has 1 N–H and O–H groups in total. The van der Waals surface area contributed by atoms with E-state index in [9.17, 15) is 9.90 Å². The van der Waals surface area contributed by atoms with Crippen molar-refractivity contribution in [1.29, 1.82) is 0 Å². The standard InChI is InChI=1S/C18H20ClNO3/c1-3-20(2)18(22)14-7-5-9-16(11-14)23-12-17(21)13-6-4-8-15(19)10-13/h4-11,17,21H,3,12H2,1-2H3. The van der Waals surface area contributed by atoms with Gasteiger partial charge in [0.05, 0.1) is 0 Å². The highest BCUT2D eigenvalue weighted by Crippen LogP contribution is 2.20. The molecule has 2 aromatic rings. The lowest BCUT2D eigenvalue weighted by molar-refractivity contribution is 0.0801. The van der Waals surface area contributed by atoms with E-state index in [1.807, 2.05) is 6.92 Å². The second kappa shape index (κ2) is 7.99. The zero-order valence-corrected chi connectivity index (χ0v) is 14.0. The molecule has 0 radical (unpaired) electrons. The summed E-state index contributed by atoms with van der Waals surface area (Å²) in [6.45, 7) is 2.64. The van der Waals surface area contributed by atoms with Crippen LogP contribution in [0.15, 0.2) is 48.5 Å². The van der Waals surface area contributed by atoms with Crippen LogP contribution in [0, 0.1) is 0 Å². The highest BCUT2D eigenvalue weighted by Gasteiger charge is 2.12. The summed E-state index contributed by atoms with van der Waals surface area (Å²) >= 11 is 5.91. The fourth-order valence-corrected chi connectivity index (χ4v) is 2.27. The van der Waals surface area contributed by atoms with Gasteiger partial charge < -0.3 is 14.7 Å². The van der Waals surface area contributed by atoms with E-state index in [0.717, 1.165) is 0 Å². The lowest BCUT2D eigenvalue weighted by atomic mass is 10.1. The Morgan fingerprint density at radius 1 is 1.26 bits per heavy atom. The van der Waals surface area contributed by atoms with Crippen LogP contribution in [0.25, 0.3) is 0 Å². The van der Waals surface area contributed by atoms with Gasteiger partial charge in [-0.2, -0.15) is 0 Å². The average molecular weight is 334 g/mol. The van der Waals surface area contributed by atoms with Gasteiger partial charge in [-0.05, 0) is 42.8 Å². The Bertz CT molecular complexity index is 675. The van der Waals surface area contributed by atoms with Gasteiger partial charge in [-0.1, -0.05) is 29.8 Å². The summed E-state index contributed by atoms with van der Waals surface area (Å²) in [4.78, 5) is 13.8. The quantitative estimate of drug-likeness (QED) is 0.879. The first-order chi connectivity index (χ1) is 11.0. The van der Waals surface area contributed by atoms with Gasteiger partial charge in [0.2, 0.25) is 0 Å². The molecule has 1 amide bonds. The highest BCUT2D eigenvalue weighted by molar-refractivity contribution is 6.30. The van der Waals surface area contributed by atoms with Crippen molar-refractivity contribution >= 4 is 17.5 Å². The summed E-state index contributed by atoms with van der Waals surface area (Å²) in [6.07, 6.45) is -0.786. The number of halogens is 1. The SMILES string of the molecule is CCN(C)C(=O)c1cccc(OCC(O)c2cccc(Cl)c2)c1. The van der Waals surface area contributed by atoms with Crippen molar-refractivity contribution in [3.8, 4) is 5.75 Å². The van der Waals surface area contributed by atoms with Crippen LogP contribution in [0.3, 0.4) is 0 Å². The molecule has 0 aliphatic heterocycles. The van der Waals surface area contributed by atoms with Crippen LogP contribution in [0.5, 0.6) is 5.75 Å². The smallest absolute Gasteiger partial charge is 0.253 e. The molecule has 0 aliphatic rings. The second-order valence-corrected chi connectivity index (χ2v) is 5.67. The maximum absolute atomic E-state index is 12.1. The first-order valence-electron chi connectivity index (χ1n) is 7.43. The molecular formula is C18H20ClNO3. The van der Waals surface area contributed by atoms with E-state index < -0.39 is 6.10 Å². The van der Waals surface area contributed by atoms with Crippen molar-refractivity contribution in [3.05, 3.63) is 64.7 Å². The molecule has 0 aromatic heterocycles. The predicted molar refractivity (Wildman–Crippen MR) is 91.0 cm³/mol. The minimum atomic E-state index is -0.786. The second-order valence-electron chi connectivity index (χ2n) is 5.23. The van der Waals surface area contributed by atoms with Crippen molar-refractivity contribution in [1.82, 2.24) is 4.90 Å². The molecule has 0 fully saturated rings. The number of amides is 1. The number of nitrogens with zero attached hydrogens (tertiary/aromatic N) is 1. The largest absolute Gasteiger partial charge is 0.491 e. The molecule has 5 heteroatoms. The third-order valence-electron chi connectivity index (χ3n) is 3.54. The van der Waals surface area contributed by atoms with Crippen LogP contribution in [-0.4, -0.2) is 36.1 Å². The van der Waals surface area contributed by atoms with Crippen molar-refractivity contribution in [2.45, 2.75) is 13.0 Å². The third kappa shape index (κ3) is 4.71. The average Bonchev–Trinajstić information content (AvgIpc) is 2.58. The molecule has 23 heavy (non-hydrogen) atoms. The van der Waals surface area contributed by atoms with E-state index in [1.165, 1.54) is 0 Å². The zero-order chi connectivity index (χ0) is 16.8. The van der Waals surface area contributed by atoms with Crippen molar-refractivity contribution in [3.63, 3.8) is 0 Å². The van der Waals surface area contributed by atoms with Crippen molar-refractivity contribution < 1.29 is 14.6 Å². The van der Waals surface area contributed by atoms with Gasteiger partial charge >= 0.3 is 0 Å². The Hall–Kier alpha value is -2.04. The van der Waals surface area contributed by atoms with E-state index in [4.69, 9.17) is 16.3 Å². The van der Waals surface area contributed by atoms with Gasteiger partial charge in [-0.3, -0.25) is 4.79 Å². The molecule has 0 saturated carbocycles. The number of aliphatic hydroxyl groups excluding tert-OH is 1. The van der Waals surface area contributed by atoms with Gasteiger partial charge in [0, 0.05) is 24.2 Å². The molecular weight excluding hydrogens is 314 g/mol. The fraction of sp³-hybridized carbons (Fsp3) is 0.278. The number of carbonyl (C=O) groups is 1. The molecule has 0 bridgehead atoms. The van der Waals surface area contributed by atoms with Crippen molar-refractivity contribution in [2.75, 3.05) is 20.2 Å². The molecule has 1 atom stereocenters. The number of carbonyl (C=O) groups excluding carboxylic acids is 1. The van der Waals surface area contributed by atoms with E-state index >= 15 is 0 Å². The predicted octanol–water partition coefficient (Wildman–Crippen LogP) is 3.54. The molecule has 0 saturated heterocycles. The molecule has 4 nitrogen and oxygen atoms in total. The molecule has 122 valence electrons. The van der Waals surface area contributed by atoms with E-state index in [0.29, 0.717) is 28.4 Å². The van der Waals surface area contributed by atoms with Crippen LogP contribution < -0.4 is 4.74 Å². The number of hydrogen-bond acceptors (Lipinski definition) is 3. The first-order valence-corrected chi connectivity index (χ1v) is 7.81. The van der Waals surface area contributed by atoms with Crippen LogP contribution in [0.4, 0.5) is 0 Å². The van der Waals surface area contributed by atoms with Crippen LogP contribution in [-0.2, 0) is 0 Å². The van der Waals surface area contributed by atoms with E-state index in [1.54, 1.807) is 60.5 Å². The summed E-state index contributed by atoms with van der Waals surface area (Å²) in [5, 5.41) is 10.7. The highest BCUT2D eigenvalue weighted by atomic mass is 35.5. The molecule has 0 aliphatic carbocycles. The summed E-state index contributed by atoms with van der Waals surface area (Å²) in [6, 6.07) is 14.0.